The largest absolute Gasteiger partial charge is 0.325 e. The minimum absolute atomic E-state index is 0.0605. The van der Waals surface area contributed by atoms with E-state index >= 15 is 0 Å². The van der Waals surface area contributed by atoms with Gasteiger partial charge < -0.3 is 9.88 Å². The van der Waals surface area contributed by atoms with Gasteiger partial charge in [0.15, 0.2) is 5.82 Å². The summed E-state index contributed by atoms with van der Waals surface area (Å²) in [5.41, 5.74) is 4.18. The van der Waals surface area contributed by atoms with E-state index in [2.05, 4.69) is 15.4 Å². The Bertz CT molecular complexity index is 1630. The maximum absolute atomic E-state index is 13.1. The maximum Gasteiger partial charge on any atom is 0.279 e. The van der Waals surface area contributed by atoms with Crippen molar-refractivity contribution in [1.29, 1.82) is 0 Å². The van der Waals surface area contributed by atoms with E-state index in [0.717, 1.165) is 51.7 Å². The molecule has 1 amide bonds. The van der Waals surface area contributed by atoms with E-state index in [9.17, 15) is 9.59 Å². The van der Waals surface area contributed by atoms with Gasteiger partial charge in [-0.15, -0.1) is 5.10 Å². The summed E-state index contributed by atoms with van der Waals surface area (Å²) in [5.74, 6) is 0.703. The van der Waals surface area contributed by atoms with Crippen molar-refractivity contribution in [2.75, 3.05) is 5.32 Å². The van der Waals surface area contributed by atoms with Crippen LogP contribution in [-0.2, 0) is 24.2 Å². The fourth-order valence-corrected chi connectivity index (χ4v) is 4.72. The Morgan fingerprint density at radius 1 is 1.00 bits per heavy atom. The molecule has 1 aliphatic carbocycles. The van der Waals surface area contributed by atoms with E-state index in [4.69, 9.17) is 0 Å². The molecule has 2 aromatic heterocycles. The predicted octanol–water partition coefficient (Wildman–Crippen LogP) is 4.15. The van der Waals surface area contributed by atoms with Gasteiger partial charge in [-0.25, -0.2) is 0 Å². The van der Waals surface area contributed by atoms with Crippen LogP contribution < -0.4 is 10.9 Å². The number of rotatable bonds is 4. The van der Waals surface area contributed by atoms with E-state index in [1.165, 1.54) is 4.52 Å². The van der Waals surface area contributed by atoms with Crippen LogP contribution in [0.15, 0.2) is 71.5 Å². The number of hydrogen-bond acceptors (Lipinski definition) is 4. The number of carbonyl (C=O) groups is 1. The molecule has 6 rings (SSSR count). The van der Waals surface area contributed by atoms with Crippen molar-refractivity contribution in [3.05, 3.63) is 93.9 Å². The molecule has 0 radical (unpaired) electrons. The number of nitrogens with zero attached hydrogens (tertiary/aromatic N) is 4. The van der Waals surface area contributed by atoms with E-state index in [-0.39, 0.29) is 18.0 Å². The number of nitrogens with one attached hydrogen (secondary N) is 1. The van der Waals surface area contributed by atoms with Gasteiger partial charge in [-0.3, -0.25) is 9.59 Å². The molecule has 0 bridgehead atoms. The monoisotopic (exact) mass is 449 g/mol. The van der Waals surface area contributed by atoms with E-state index in [0.29, 0.717) is 18.0 Å². The summed E-state index contributed by atoms with van der Waals surface area (Å²) >= 11 is 0. The molecular weight excluding hydrogens is 426 g/mol. The molecule has 3 aromatic carbocycles. The molecule has 1 aliphatic rings. The molecule has 2 heterocycles. The van der Waals surface area contributed by atoms with Crippen LogP contribution in [0, 0.1) is 6.92 Å². The summed E-state index contributed by atoms with van der Waals surface area (Å²) in [4.78, 5) is 30.9. The maximum atomic E-state index is 13.1. The highest BCUT2D eigenvalue weighted by atomic mass is 16.2. The lowest BCUT2D eigenvalue weighted by atomic mass is 10.1. The van der Waals surface area contributed by atoms with Gasteiger partial charge in [0.1, 0.15) is 6.54 Å². The Balaban J connectivity index is 1.39. The van der Waals surface area contributed by atoms with Crippen LogP contribution in [0.25, 0.3) is 27.9 Å². The topological polar surface area (TPSA) is 81.3 Å². The van der Waals surface area contributed by atoms with Gasteiger partial charge in [0.2, 0.25) is 11.7 Å². The Morgan fingerprint density at radius 2 is 1.79 bits per heavy atom. The first-order valence-corrected chi connectivity index (χ1v) is 11.4. The summed E-state index contributed by atoms with van der Waals surface area (Å²) in [6, 6.07) is 21.8. The van der Waals surface area contributed by atoms with Gasteiger partial charge in [0.25, 0.3) is 5.56 Å². The minimum Gasteiger partial charge on any atom is -0.325 e. The molecule has 7 nitrogen and oxygen atoms in total. The zero-order valence-corrected chi connectivity index (χ0v) is 18.8. The molecule has 0 spiro atoms. The molecule has 168 valence electrons. The second-order valence-electron chi connectivity index (χ2n) is 8.79. The van der Waals surface area contributed by atoms with Crippen LogP contribution in [0.5, 0.6) is 0 Å². The third kappa shape index (κ3) is 3.46. The molecule has 7 heteroatoms. The van der Waals surface area contributed by atoms with Crippen LogP contribution in [0.2, 0.25) is 0 Å². The highest BCUT2D eigenvalue weighted by molar-refractivity contribution is 5.94. The van der Waals surface area contributed by atoms with Gasteiger partial charge in [0, 0.05) is 22.5 Å². The van der Waals surface area contributed by atoms with E-state index < -0.39 is 0 Å². The SMILES string of the molecule is Cc1ccc(-c2nc3n(CC(=O)Nc4ccc5ccccc5c4)c4c(c(=O)n3n2)CCC4)cc1. The van der Waals surface area contributed by atoms with Crippen molar-refractivity contribution >= 4 is 28.1 Å². The number of anilines is 1. The lowest BCUT2D eigenvalue weighted by Crippen LogP contribution is -2.28. The summed E-state index contributed by atoms with van der Waals surface area (Å²) in [7, 11) is 0. The normalized spacial score (nSPS) is 12.9. The summed E-state index contributed by atoms with van der Waals surface area (Å²) in [6.07, 6.45) is 2.32. The van der Waals surface area contributed by atoms with Gasteiger partial charge in [-0.1, -0.05) is 60.2 Å². The molecule has 0 atom stereocenters. The Morgan fingerprint density at radius 3 is 2.62 bits per heavy atom. The standard InChI is InChI=1S/C27H23N5O2/c1-17-9-11-19(12-10-17)25-29-27-31(23-8-4-7-22(23)26(34)32(27)30-25)16-24(33)28-21-14-13-18-5-2-3-6-20(18)15-21/h2-3,5-6,9-15H,4,7-8,16H2,1H3,(H,28,33). The molecular formula is C27H23N5O2. The van der Waals surface area contributed by atoms with Crippen LogP contribution in [0.3, 0.4) is 0 Å². The number of fused-ring (bicyclic) bond motifs is 3. The molecule has 0 aliphatic heterocycles. The predicted molar refractivity (Wildman–Crippen MR) is 132 cm³/mol. The zero-order chi connectivity index (χ0) is 23.2. The fourth-order valence-electron chi connectivity index (χ4n) is 4.72. The second-order valence-corrected chi connectivity index (χ2v) is 8.79. The number of aryl methyl sites for hydroxylation is 1. The van der Waals surface area contributed by atoms with Crippen molar-refractivity contribution in [1.82, 2.24) is 19.2 Å². The summed E-state index contributed by atoms with van der Waals surface area (Å²) < 4.78 is 3.20. The van der Waals surface area contributed by atoms with Gasteiger partial charge >= 0.3 is 0 Å². The molecule has 0 unspecified atom stereocenters. The average Bonchev–Trinajstić information content (AvgIpc) is 3.51. The van der Waals surface area contributed by atoms with Crippen molar-refractivity contribution in [3.63, 3.8) is 0 Å². The van der Waals surface area contributed by atoms with Crippen molar-refractivity contribution in [2.24, 2.45) is 0 Å². The number of carbonyl (C=O) groups excluding carboxylic acids is 1. The fraction of sp³-hybridized carbons (Fsp3) is 0.185. The second kappa shape index (κ2) is 7.95. The van der Waals surface area contributed by atoms with E-state index in [1.54, 1.807) is 0 Å². The Labute approximate surface area is 195 Å². The molecule has 5 aromatic rings. The first-order chi connectivity index (χ1) is 16.6. The lowest BCUT2D eigenvalue weighted by Gasteiger charge is -2.14. The van der Waals surface area contributed by atoms with E-state index in [1.807, 2.05) is 78.2 Å². The smallest absolute Gasteiger partial charge is 0.279 e. The highest BCUT2D eigenvalue weighted by Gasteiger charge is 2.25. The molecule has 0 fully saturated rings. The van der Waals surface area contributed by atoms with Gasteiger partial charge in [0.05, 0.1) is 0 Å². The van der Waals surface area contributed by atoms with Crippen LogP contribution in [-0.4, -0.2) is 25.1 Å². The molecule has 34 heavy (non-hydrogen) atoms. The van der Waals surface area contributed by atoms with Crippen molar-refractivity contribution < 1.29 is 4.79 Å². The average molecular weight is 450 g/mol. The molecule has 0 saturated carbocycles. The molecule has 0 saturated heterocycles. The first-order valence-electron chi connectivity index (χ1n) is 11.4. The summed E-state index contributed by atoms with van der Waals surface area (Å²) in [6.45, 7) is 2.08. The summed E-state index contributed by atoms with van der Waals surface area (Å²) in [5, 5.41) is 9.70. The number of benzene rings is 3. The third-order valence-corrected chi connectivity index (χ3v) is 6.44. The van der Waals surface area contributed by atoms with Gasteiger partial charge in [-0.2, -0.15) is 9.50 Å². The number of aromatic nitrogens is 4. The van der Waals surface area contributed by atoms with Crippen LogP contribution in [0.4, 0.5) is 5.69 Å². The Kier molecular flexibility index (Phi) is 4.76. The van der Waals surface area contributed by atoms with Crippen LogP contribution in [0.1, 0.15) is 23.2 Å². The van der Waals surface area contributed by atoms with Gasteiger partial charge in [-0.05, 0) is 49.1 Å². The Hall–Kier alpha value is -4.26. The zero-order valence-electron chi connectivity index (χ0n) is 18.8. The van der Waals surface area contributed by atoms with Crippen molar-refractivity contribution in [3.8, 4) is 11.4 Å². The quantitative estimate of drug-likeness (QED) is 0.447. The third-order valence-electron chi connectivity index (χ3n) is 6.44. The first kappa shape index (κ1) is 20.4. The van der Waals surface area contributed by atoms with Crippen LogP contribution >= 0.6 is 0 Å². The van der Waals surface area contributed by atoms with Crippen molar-refractivity contribution in [2.45, 2.75) is 32.7 Å². The highest BCUT2D eigenvalue weighted by Crippen LogP contribution is 2.23. The molecule has 1 N–H and O–H groups in total. The lowest BCUT2D eigenvalue weighted by molar-refractivity contribution is -0.116. The minimum atomic E-state index is -0.171. The number of hydrogen-bond donors (Lipinski definition) is 1. The number of amides is 1.